The maximum Gasteiger partial charge on any atom is 0.224 e. The fourth-order valence-electron chi connectivity index (χ4n) is 2.33. The van der Waals surface area contributed by atoms with Crippen molar-refractivity contribution in [2.24, 2.45) is 0 Å². The van der Waals surface area contributed by atoms with E-state index < -0.39 is 5.82 Å². The third-order valence-electron chi connectivity index (χ3n) is 3.58. The van der Waals surface area contributed by atoms with Crippen LogP contribution in [0.1, 0.15) is 28.9 Å². The van der Waals surface area contributed by atoms with E-state index in [9.17, 15) is 9.18 Å². The summed E-state index contributed by atoms with van der Waals surface area (Å²) in [5.74, 6) is -0.640. The van der Waals surface area contributed by atoms with Crippen LogP contribution in [0.5, 0.6) is 0 Å². The maximum atomic E-state index is 13.7. The SMILES string of the molecule is CSc1nc(C)c(CCC(=O)Nc2ccc(C)cc2F)c(C)n1. The molecule has 0 saturated carbocycles. The molecule has 0 radical (unpaired) electrons. The molecule has 23 heavy (non-hydrogen) atoms. The number of aromatic nitrogens is 2. The predicted molar refractivity (Wildman–Crippen MR) is 91.4 cm³/mol. The highest BCUT2D eigenvalue weighted by Crippen LogP contribution is 2.18. The summed E-state index contributed by atoms with van der Waals surface area (Å²) in [7, 11) is 0. The number of halogens is 1. The van der Waals surface area contributed by atoms with Crippen LogP contribution in [-0.2, 0) is 11.2 Å². The minimum atomic E-state index is -0.418. The van der Waals surface area contributed by atoms with E-state index in [1.54, 1.807) is 19.1 Å². The molecule has 0 atom stereocenters. The van der Waals surface area contributed by atoms with Crippen LogP contribution in [0.25, 0.3) is 0 Å². The van der Waals surface area contributed by atoms with Crippen LogP contribution in [0.4, 0.5) is 10.1 Å². The van der Waals surface area contributed by atoms with Crippen molar-refractivity contribution < 1.29 is 9.18 Å². The zero-order valence-corrected chi connectivity index (χ0v) is 14.6. The smallest absolute Gasteiger partial charge is 0.224 e. The molecule has 0 fully saturated rings. The zero-order chi connectivity index (χ0) is 17.0. The van der Waals surface area contributed by atoms with E-state index in [1.165, 1.54) is 17.8 Å². The molecule has 2 aromatic rings. The number of thioether (sulfide) groups is 1. The Balaban J connectivity index is 2.02. The van der Waals surface area contributed by atoms with Crippen molar-refractivity contribution in [3.63, 3.8) is 0 Å². The highest BCUT2D eigenvalue weighted by Gasteiger charge is 2.12. The lowest BCUT2D eigenvalue weighted by Crippen LogP contribution is -2.14. The van der Waals surface area contributed by atoms with Gasteiger partial charge in [0.15, 0.2) is 5.16 Å². The highest BCUT2D eigenvalue weighted by atomic mass is 32.2. The molecule has 1 aromatic carbocycles. The van der Waals surface area contributed by atoms with Crippen LogP contribution in [0, 0.1) is 26.6 Å². The van der Waals surface area contributed by atoms with Gasteiger partial charge in [0.1, 0.15) is 5.82 Å². The molecule has 0 aliphatic heterocycles. The monoisotopic (exact) mass is 333 g/mol. The number of rotatable bonds is 5. The van der Waals surface area contributed by atoms with Gasteiger partial charge in [-0.25, -0.2) is 14.4 Å². The number of aryl methyl sites for hydroxylation is 3. The molecule has 0 spiro atoms. The summed E-state index contributed by atoms with van der Waals surface area (Å²) in [6.07, 6.45) is 2.72. The first-order valence-corrected chi connectivity index (χ1v) is 8.57. The molecule has 1 amide bonds. The molecule has 122 valence electrons. The van der Waals surface area contributed by atoms with Crippen LogP contribution in [0.15, 0.2) is 23.4 Å². The third-order valence-corrected chi connectivity index (χ3v) is 4.13. The lowest BCUT2D eigenvalue weighted by molar-refractivity contribution is -0.116. The Morgan fingerprint density at radius 3 is 2.43 bits per heavy atom. The lowest BCUT2D eigenvalue weighted by Gasteiger charge is -2.11. The molecule has 1 heterocycles. The van der Waals surface area contributed by atoms with Gasteiger partial charge in [0, 0.05) is 17.8 Å². The molecule has 0 saturated heterocycles. The summed E-state index contributed by atoms with van der Waals surface area (Å²) >= 11 is 1.49. The van der Waals surface area contributed by atoms with Crippen molar-refractivity contribution in [3.05, 3.63) is 46.5 Å². The highest BCUT2D eigenvalue weighted by molar-refractivity contribution is 7.98. The summed E-state index contributed by atoms with van der Waals surface area (Å²) in [5.41, 5.74) is 3.77. The largest absolute Gasteiger partial charge is 0.324 e. The number of carbonyl (C=O) groups excluding carboxylic acids is 1. The van der Waals surface area contributed by atoms with E-state index in [4.69, 9.17) is 0 Å². The average Bonchev–Trinajstić information content (AvgIpc) is 2.49. The fraction of sp³-hybridized carbons (Fsp3) is 0.353. The summed E-state index contributed by atoms with van der Waals surface area (Å²) < 4.78 is 13.7. The molecular formula is C17H20FN3OS. The summed E-state index contributed by atoms with van der Waals surface area (Å²) in [5, 5.41) is 3.34. The first-order chi connectivity index (χ1) is 10.9. The van der Waals surface area contributed by atoms with Crippen LogP contribution in [0.3, 0.4) is 0 Å². The van der Waals surface area contributed by atoms with Gasteiger partial charge in [0.2, 0.25) is 5.91 Å². The Morgan fingerprint density at radius 1 is 1.22 bits per heavy atom. The van der Waals surface area contributed by atoms with Crippen molar-refractivity contribution in [2.75, 3.05) is 11.6 Å². The zero-order valence-electron chi connectivity index (χ0n) is 13.7. The number of hydrogen-bond acceptors (Lipinski definition) is 4. The molecule has 6 heteroatoms. The summed E-state index contributed by atoms with van der Waals surface area (Å²) in [4.78, 5) is 20.8. The van der Waals surface area contributed by atoms with Crippen LogP contribution in [-0.4, -0.2) is 22.1 Å². The third kappa shape index (κ3) is 4.51. The Labute approximate surface area is 139 Å². The summed E-state index contributed by atoms with van der Waals surface area (Å²) in [6.45, 7) is 5.64. The van der Waals surface area contributed by atoms with E-state index in [0.29, 0.717) is 6.42 Å². The molecule has 4 nitrogen and oxygen atoms in total. The molecule has 0 bridgehead atoms. The normalized spacial score (nSPS) is 10.7. The van der Waals surface area contributed by atoms with Crippen molar-refractivity contribution in [3.8, 4) is 0 Å². The number of anilines is 1. The number of carbonyl (C=O) groups is 1. The quantitative estimate of drug-likeness (QED) is 0.667. The Hall–Kier alpha value is -1.95. The van der Waals surface area contributed by atoms with E-state index >= 15 is 0 Å². The molecule has 0 aliphatic carbocycles. The van der Waals surface area contributed by atoms with Gasteiger partial charge in [0.25, 0.3) is 0 Å². The second kappa shape index (κ2) is 7.55. The van der Waals surface area contributed by atoms with Gasteiger partial charge in [0.05, 0.1) is 5.69 Å². The average molecular weight is 333 g/mol. The molecular weight excluding hydrogens is 313 g/mol. The van der Waals surface area contributed by atoms with E-state index in [-0.39, 0.29) is 18.0 Å². The minimum Gasteiger partial charge on any atom is -0.324 e. The first kappa shape index (κ1) is 17.4. The minimum absolute atomic E-state index is 0.211. The first-order valence-electron chi connectivity index (χ1n) is 7.35. The molecule has 1 N–H and O–H groups in total. The van der Waals surface area contributed by atoms with E-state index in [1.807, 2.05) is 20.1 Å². The van der Waals surface area contributed by atoms with Gasteiger partial charge in [-0.3, -0.25) is 4.79 Å². The molecule has 2 rings (SSSR count). The molecule has 0 aliphatic rings. The number of nitrogens with one attached hydrogen (secondary N) is 1. The molecule has 1 aromatic heterocycles. The Bertz CT molecular complexity index is 711. The lowest BCUT2D eigenvalue weighted by atomic mass is 10.1. The van der Waals surface area contributed by atoms with Crippen molar-refractivity contribution >= 4 is 23.4 Å². The second-order valence-corrected chi connectivity index (χ2v) is 6.16. The van der Waals surface area contributed by atoms with Crippen molar-refractivity contribution in [2.45, 2.75) is 38.8 Å². The second-order valence-electron chi connectivity index (χ2n) is 5.39. The van der Waals surface area contributed by atoms with E-state index in [0.717, 1.165) is 27.7 Å². The number of nitrogens with zero attached hydrogens (tertiary/aromatic N) is 2. The molecule has 0 unspecified atom stereocenters. The van der Waals surface area contributed by atoms with Gasteiger partial charge in [-0.1, -0.05) is 17.8 Å². The van der Waals surface area contributed by atoms with E-state index in [2.05, 4.69) is 15.3 Å². The van der Waals surface area contributed by atoms with Crippen molar-refractivity contribution in [1.82, 2.24) is 9.97 Å². The predicted octanol–water partition coefficient (Wildman–Crippen LogP) is 3.83. The van der Waals surface area contributed by atoms with Crippen LogP contribution < -0.4 is 5.32 Å². The Kier molecular flexibility index (Phi) is 5.71. The van der Waals surface area contributed by atoms with Gasteiger partial charge in [-0.2, -0.15) is 0 Å². The van der Waals surface area contributed by atoms with Gasteiger partial charge in [-0.05, 0) is 56.7 Å². The fourth-order valence-corrected chi connectivity index (χ4v) is 2.79. The van der Waals surface area contributed by atoms with Gasteiger partial charge in [-0.15, -0.1) is 0 Å². The number of hydrogen-bond donors (Lipinski definition) is 1. The summed E-state index contributed by atoms with van der Waals surface area (Å²) in [6, 6.07) is 4.75. The topological polar surface area (TPSA) is 54.9 Å². The van der Waals surface area contributed by atoms with Crippen LogP contribution >= 0.6 is 11.8 Å². The van der Waals surface area contributed by atoms with Crippen LogP contribution in [0.2, 0.25) is 0 Å². The van der Waals surface area contributed by atoms with Crippen molar-refractivity contribution in [1.29, 1.82) is 0 Å². The van der Waals surface area contributed by atoms with Gasteiger partial charge >= 0.3 is 0 Å². The maximum absolute atomic E-state index is 13.7. The Morgan fingerprint density at radius 2 is 1.87 bits per heavy atom. The standard InChI is InChI=1S/C17H20FN3OS/c1-10-5-7-15(14(18)9-10)21-16(22)8-6-13-11(2)19-17(23-4)20-12(13)3/h5,7,9H,6,8H2,1-4H3,(H,21,22). The number of benzene rings is 1. The number of amides is 1. The van der Waals surface area contributed by atoms with Gasteiger partial charge < -0.3 is 5.32 Å².